The number of nitrogens with zero attached hydrogens (tertiary/aromatic N) is 5. The highest BCUT2D eigenvalue weighted by Gasteiger charge is 2.36. The lowest BCUT2D eigenvalue weighted by Crippen LogP contribution is -2.44. The Labute approximate surface area is 200 Å². The summed E-state index contributed by atoms with van der Waals surface area (Å²) in [6.07, 6.45) is 5.38. The predicted octanol–water partition coefficient (Wildman–Crippen LogP) is 3.18. The van der Waals surface area contributed by atoms with Crippen LogP contribution in [-0.2, 0) is 0 Å². The second-order valence-corrected chi connectivity index (χ2v) is 8.27. The van der Waals surface area contributed by atoms with Crippen LogP contribution in [0.25, 0.3) is 17.2 Å². The minimum Gasteiger partial charge on any atom is -0.619 e. The molecule has 0 atom stereocenters. The summed E-state index contributed by atoms with van der Waals surface area (Å²) in [7, 11) is 0. The molecule has 1 amide bonds. The zero-order valence-corrected chi connectivity index (χ0v) is 19.0. The first-order valence-corrected chi connectivity index (χ1v) is 11.3. The van der Waals surface area contributed by atoms with Crippen LogP contribution < -0.4 is 14.8 Å². The molecule has 4 aromatic rings. The smallest absolute Gasteiger partial charge is 0.257 e. The minimum atomic E-state index is -0.403. The van der Waals surface area contributed by atoms with Crippen LogP contribution in [-0.4, -0.2) is 38.3 Å². The van der Waals surface area contributed by atoms with Crippen molar-refractivity contribution in [1.29, 1.82) is 0 Å². The average Bonchev–Trinajstić information content (AvgIpc) is 3.26. The number of aromatic nitrogens is 5. The van der Waals surface area contributed by atoms with E-state index in [2.05, 4.69) is 20.5 Å². The van der Waals surface area contributed by atoms with E-state index in [-0.39, 0.29) is 17.9 Å². The van der Waals surface area contributed by atoms with E-state index < -0.39 is 5.82 Å². The molecule has 0 bridgehead atoms. The Kier molecular flexibility index (Phi) is 6.09. The van der Waals surface area contributed by atoms with Crippen molar-refractivity contribution in [3.05, 3.63) is 89.5 Å². The summed E-state index contributed by atoms with van der Waals surface area (Å²) < 4.78 is 22.6. The normalized spacial score (nSPS) is 17.0. The molecule has 1 fully saturated rings. The zero-order chi connectivity index (χ0) is 24.4. The van der Waals surface area contributed by atoms with Crippen LogP contribution in [0.4, 0.5) is 4.39 Å². The van der Waals surface area contributed by atoms with Crippen molar-refractivity contribution < 1.29 is 18.7 Å². The fourth-order valence-corrected chi connectivity index (χ4v) is 4.17. The molecule has 1 aromatic carbocycles. The van der Waals surface area contributed by atoms with Gasteiger partial charge in [0.25, 0.3) is 5.91 Å². The molecule has 1 saturated carbocycles. The number of hydrogen-bond donors (Lipinski definition) is 1. The van der Waals surface area contributed by atoms with Gasteiger partial charge in [0, 0.05) is 18.0 Å². The fourth-order valence-electron chi connectivity index (χ4n) is 4.17. The number of carbonyl (C=O) groups is 1. The van der Waals surface area contributed by atoms with Crippen LogP contribution in [0.3, 0.4) is 0 Å². The summed E-state index contributed by atoms with van der Waals surface area (Å²) >= 11 is 0. The number of rotatable bonds is 7. The third-order valence-corrected chi connectivity index (χ3v) is 5.93. The molecule has 0 radical (unpaired) electrons. The van der Waals surface area contributed by atoms with E-state index in [0.29, 0.717) is 58.5 Å². The molecular formula is C25H23FN6O3. The maximum absolute atomic E-state index is 14.8. The van der Waals surface area contributed by atoms with Crippen LogP contribution in [0.1, 0.15) is 41.9 Å². The lowest BCUT2D eigenvalue weighted by atomic mass is 9.79. The molecule has 3 heterocycles. The summed E-state index contributed by atoms with van der Waals surface area (Å²) in [6.45, 7) is 2.42. The molecule has 1 aliphatic rings. The van der Waals surface area contributed by atoms with Gasteiger partial charge in [-0.2, -0.15) is 4.73 Å². The van der Waals surface area contributed by atoms with E-state index in [1.807, 2.05) is 6.92 Å². The first kappa shape index (κ1) is 22.5. The van der Waals surface area contributed by atoms with E-state index in [9.17, 15) is 14.4 Å². The number of pyridine rings is 2. The Morgan fingerprint density at radius 2 is 2.03 bits per heavy atom. The number of carbonyl (C=O) groups excluding carboxylic acids is 1. The fraction of sp³-hybridized carbons (Fsp3) is 0.240. The van der Waals surface area contributed by atoms with Crippen LogP contribution in [0.2, 0.25) is 0 Å². The molecular weight excluding hydrogens is 451 g/mol. The Morgan fingerprint density at radius 3 is 2.74 bits per heavy atom. The van der Waals surface area contributed by atoms with Crippen molar-refractivity contribution in [2.45, 2.75) is 31.7 Å². The van der Waals surface area contributed by atoms with Gasteiger partial charge in [0.2, 0.25) is 0 Å². The molecule has 178 valence electrons. The van der Waals surface area contributed by atoms with Gasteiger partial charge in [-0.15, -0.1) is 10.2 Å². The molecule has 1 N–H and O–H groups in total. The quantitative estimate of drug-likeness (QED) is 0.326. The van der Waals surface area contributed by atoms with Gasteiger partial charge in [0.15, 0.2) is 18.2 Å². The Balaban J connectivity index is 1.40. The summed E-state index contributed by atoms with van der Waals surface area (Å²) in [5, 5.41) is 23.1. The molecule has 35 heavy (non-hydrogen) atoms. The van der Waals surface area contributed by atoms with Gasteiger partial charge in [-0.05, 0) is 50.1 Å². The summed E-state index contributed by atoms with van der Waals surface area (Å²) in [4.78, 5) is 16.9. The van der Waals surface area contributed by atoms with Crippen LogP contribution in [0.15, 0.2) is 67.1 Å². The molecule has 5 rings (SSSR count). The van der Waals surface area contributed by atoms with Crippen LogP contribution in [0, 0.1) is 11.0 Å². The van der Waals surface area contributed by atoms with Gasteiger partial charge in [0.05, 0.1) is 18.5 Å². The van der Waals surface area contributed by atoms with Crippen molar-refractivity contribution in [3.8, 4) is 23.0 Å². The predicted molar refractivity (Wildman–Crippen MR) is 124 cm³/mol. The second-order valence-electron chi connectivity index (χ2n) is 8.27. The van der Waals surface area contributed by atoms with E-state index >= 15 is 0 Å². The third-order valence-electron chi connectivity index (χ3n) is 5.93. The van der Waals surface area contributed by atoms with Gasteiger partial charge in [-0.3, -0.25) is 9.36 Å². The third kappa shape index (κ3) is 4.54. The first-order chi connectivity index (χ1) is 17.0. The van der Waals surface area contributed by atoms with Crippen LogP contribution in [0.5, 0.6) is 5.75 Å². The minimum absolute atomic E-state index is 0.0379. The maximum atomic E-state index is 14.8. The van der Waals surface area contributed by atoms with Gasteiger partial charge in [0.1, 0.15) is 28.6 Å². The molecule has 0 aliphatic heterocycles. The number of amides is 1. The summed E-state index contributed by atoms with van der Waals surface area (Å²) in [6, 6.07) is 13.0. The lowest BCUT2D eigenvalue weighted by Gasteiger charge is -2.35. The molecule has 1 aliphatic carbocycles. The van der Waals surface area contributed by atoms with Crippen LogP contribution >= 0.6 is 0 Å². The highest BCUT2D eigenvalue weighted by molar-refractivity contribution is 5.93. The first-order valence-electron chi connectivity index (χ1n) is 11.3. The van der Waals surface area contributed by atoms with Gasteiger partial charge < -0.3 is 15.3 Å². The summed E-state index contributed by atoms with van der Waals surface area (Å²) in [5.74, 6) is 0.901. The molecule has 0 saturated heterocycles. The molecule has 0 unspecified atom stereocenters. The number of para-hydroxylation sites is 1. The average molecular weight is 474 g/mol. The maximum Gasteiger partial charge on any atom is 0.257 e. The van der Waals surface area contributed by atoms with E-state index in [0.717, 1.165) is 0 Å². The standard InChI is InChI=1S/C25H23FN6O3/c1-2-35-19-9-10-21(27-14-19)24-30-29-23(32(24)22-8-4-3-7-20(22)26)17-12-18(13-17)28-25(33)16-6-5-11-31(34)15-16/h3-11,14-15,17-18H,2,12-13H2,1H3,(H,28,33). The molecule has 3 aromatic heterocycles. The van der Waals surface area contributed by atoms with Crippen molar-refractivity contribution in [2.24, 2.45) is 0 Å². The second kappa shape index (κ2) is 9.49. The van der Waals surface area contributed by atoms with Gasteiger partial charge in [-0.1, -0.05) is 12.1 Å². The monoisotopic (exact) mass is 474 g/mol. The highest BCUT2D eigenvalue weighted by Crippen LogP contribution is 2.39. The van der Waals surface area contributed by atoms with Crippen molar-refractivity contribution in [3.63, 3.8) is 0 Å². The highest BCUT2D eigenvalue weighted by atomic mass is 19.1. The number of benzene rings is 1. The van der Waals surface area contributed by atoms with E-state index in [1.54, 1.807) is 47.2 Å². The molecule has 10 heteroatoms. The number of nitrogens with one attached hydrogen (secondary N) is 1. The van der Waals surface area contributed by atoms with Gasteiger partial charge >= 0.3 is 0 Å². The summed E-state index contributed by atoms with van der Waals surface area (Å²) in [5.41, 5.74) is 1.16. The number of halogens is 1. The Hall–Kier alpha value is -4.34. The Bertz CT molecular complexity index is 1350. The molecule has 0 spiro atoms. The zero-order valence-electron chi connectivity index (χ0n) is 19.0. The SMILES string of the molecule is CCOc1ccc(-c2nnc(C3CC(NC(=O)c4ccc[n+]([O-])c4)C3)n2-c2ccccc2F)nc1. The topological polar surface area (TPSA) is 109 Å². The van der Waals surface area contributed by atoms with Crippen molar-refractivity contribution >= 4 is 5.91 Å². The largest absolute Gasteiger partial charge is 0.619 e. The van der Waals surface area contributed by atoms with E-state index in [4.69, 9.17) is 4.74 Å². The van der Waals surface area contributed by atoms with Crippen molar-refractivity contribution in [2.75, 3.05) is 6.61 Å². The number of hydrogen-bond acceptors (Lipinski definition) is 6. The Morgan fingerprint density at radius 1 is 1.20 bits per heavy atom. The number of ether oxygens (including phenoxy) is 1. The van der Waals surface area contributed by atoms with Gasteiger partial charge in [-0.25, -0.2) is 9.37 Å². The lowest BCUT2D eigenvalue weighted by molar-refractivity contribution is -0.605. The van der Waals surface area contributed by atoms with E-state index in [1.165, 1.54) is 24.5 Å². The molecule has 9 nitrogen and oxygen atoms in total. The van der Waals surface area contributed by atoms with Crippen molar-refractivity contribution in [1.82, 2.24) is 25.1 Å².